The van der Waals surface area contributed by atoms with Crippen molar-refractivity contribution in [2.24, 2.45) is 0 Å². The summed E-state index contributed by atoms with van der Waals surface area (Å²) in [7, 11) is 3.88. The van der Waals surface area contributed by atoms with Crippen molar-refractivity contribution in [3.63, 3.8) is 0 Å². The lowest BCUT2D eigenvalue weighted by Gasteiger charge is -1.99. The predicted octanol–water partition coefficient (Wildman–Crippen LogP) is 1.78. The third-order valence-electron chi connectivity index (χ3n) is 1.29. The average Bonchev–Trinajstić information content (AvgIpc) is 2.24. The second-order valence-corrected chi connectivity index (χ2v) is 3.03. The molecule has 84 valence electrons. The zero-order valence-corrected chi connectivity index (χ0v) is 10.8. The van der Waals surface area contributed by atoms with Crippen LogP contribution in [0.25, 0.3) is 0 Å². The molecule has 0 bridgehead atoms. The fraction of sp³-hybridized carbons (Fsp3) is 0.818. The molecule has 2 nitrogen and oxygen atoms in total. The van der Waals surface area contributed by atoms with Crippen molar-refractivity contribution in [1.29, 1.82) is 0 Å². The molecule has 0 saturated heterocycles. The molecule has 2 radical (unpaired) electrons. The molecule has 0 amide bonds. The second kappa shape index (κ2) is 16.1. The number of nitrogens with one attached hydrogen (secondary N) is 1. The van der Waals surface area contributed by atoms with Gasteiger partial charge in [-0.05, 0) is 0 Å². The molecule has 0 aromatic rings. The zero-order chi connectivity index (χ0) is 11.9. The lowest BCUT2D eigenvalue weighted by molar-refractivity contribution is 0.173. The summed E-state index contributed by atoms with van der Waals surface area (Å²) in [6.07, 6.45) is 0. The Kier molecular flexibility index (Phi) is 18.2. The summed E-state index contributed by atoms with van der Waals surface area (Å²) in [5, 5.41) is 3.05. The van der Waals surface area contributed by atoms with E-state index in [0.717, 1.165) is 6.54 Å². The zero-order valence-electron chi connectivity index (χ0n) is 10.8. The first-order valence-corrected chi connectivity index (χ1v) is 5.68. The molecule has 0 aliphatic carbocycles. The molecule has 0 atom stereocenters. The van der Waals surface area contributed by atoms with Crippen LogP contribution < -0.4 is 5.23 Å². The van der Waals surface area contributed by atoms with E-state index in [1.165, 1.54) is 0 Å². The summed E-state index contributed by atoms with van der Waals surface area (Å²) in [4.78, 5) is 0. The van der Waals surface area contributed by atoms with Crippen molar-refractivity contribution in [3.8, 4) is 11.7 Å². The van der Waals surface area contributed by atoms with E-state index >= 15 is 0 Å². The van der Waals surface area contributed by atoms with Crippen LogP contribution in [0.1, 0.15) is 27.7 Å². The van der Waals surface area contributed by atoms with Crippen molar-refractivity contribution in [2.45, 2.75) is 40.3 Å². The van der Waals surface area contributed by atoms with E-state index in [2.05, 4.69) is 30.8 Å². The van der Waals surface area contributed by atoms with Gasteiger partial charge in [0.2, 0.25) is 14.7 Å². The van der Waals surface area contributed by atoms with E-state index in [-0.39, 0.29) is 0 Å². The predicted molar refractivity (Wildman–Crippen MR) is 70.4 cm³/mol. The maximum atomic E-state index is 5.24. The van der Waals surface area contributed by atoms with Crippen molar-refractivity contribution < 1.29 is 4.74 Å². The number of hydrogen-bond donors (Lipinski definition) is 1. The van der Waals surface area contributed by atoms with Gasteiger partial charge >= 0.3 is 0 Å². The molecule has 0 spiro atoms. The van der Waals surface area contributed by atoms with Gasteiger partial charge in [0.25, 0.3) is 0 Å². The van der Waals surface area contributed by atoms with E-state index in [4.69, 9.17) is 4.74 Å². The Morgan fingerprint density at radius 3 is 2.53 bits per heavy atom. The van der Waals surface area contributed by atoms with Gasteiger partial charge in [-0.3, -0.25) is 0 Å². The molecule has 0 unspecified atom stereocenters. The normalized spacial score (nSPS) is 8.40. The third kappa shape index (κ3) is 19.9. The van der Waals surface area contributed by atoms with Crippen LogP contribution in [0.4, 0.5) is 0 Å². The lowest BCUT2D eigenvalue weighted by Crippen LogP contribution is -2.21. The molecule has 15 heavy (non-hydrogen) atoms. The third-order valence-corrected chi connectivity index (χ3v) is 1.29. The van der Waals surface area contributed by atoms with E-state index in [1.54, 1.807) is 0 Å². The van der Waals surface area contributed by atoms with E-state index < -0.39 is 0 Å². The maximum Gasteiger partial charge on any atom is 0.218 e. The van der Waals surface area contributed by atoms with Gasteiger partial charge in [-0.1, -0.05) is 46.3 Å². The summed E-state index contributed by atoms with van der Waals surface area (Å²) < 4.78 is 5.24. The molecular weight excluding hydrogens is 184 g/mol. The number of rotatable bonds is 6. The van der Waals surface area contributed by atoms with Gasteiger partial charge in [0.05, 0.1) is 6.61 Å². The Hall–Kier alpha value is -0.390. The van der Waals surface area contributed by atoms with Crippen LogP contribution in [-0.4, -0.2) is 34.5 Å². The molecule has 0 aromatic carbocycles. The van der Waals surface area contributed by atoms with Crippen molar-refractivity contribution in [1.82, 2.24) is 5.23 Å². The van der Waals surface area contributed by atoms with Gasteiger partial charge in [0.15, 0.2) is 0 Å². The molecule has 1 N–H and O–H groups in total. The van der Waals surface area contributed by atoms with E-state index in [0.29, 0.717) is 19.0 Å². The summed E-state index contributed by atoms with van der Waals surface area (Å²) in [5.74, 6) is 6.41. The van der Waals surface area contributed by atoms with E-state index in [1.807, 2.05) is 35.4 Å². The standard InChI is InChI=1S/C9H17B2NO.C2H6/c1-9(2)11-5-4-7-13-8-6-12-10-3;1-2/h9,12H,6-8H2,1-3H3;1-2H3. The minimum absolute atomic E-state index is 0.522. The molecule has 4 heteroatoms. The van der Waals surface area contributed by atoms with Gasteiger partial charge in [-0.15, -0.1) is 0 Å². The van der Waals surface area contributed by atoms with Crippen molar-refractivity contribution in [3.05, 3.63) is 0 Å². The van der Waals surface area contributed by atoms with Crippen LogP contribution in [0.2, 0.25) is 12.6 Å². The Morgan fingerprint density at radius 2 is 2.00 bits per heavy atom. The first-order valence-electron chi connectivity index (χ1n) is 5.68. The molecule has 0 aliphatic heterocycles. The first kappa shape index (κ1) is 17.0. The molecule has 0 rings (SSSR count). The van der Waals surface area contributed by atoms with Gasteiger partial charge in [0, 0.05) is 6.54 Å². The molecule has 0 aromatic heterocycles. The van der Waals surface area contributed by atoms with Crippen molar-refractivity contribution >= 4 is 14.7 Å². The summed E-state index contributed by atoms with van der Waals surface area (Å²) in [5.41, 5.74) is 0. The number of ether oxygens (including phenoxy) is 1. The molecule has 0 heterocycles. The van der Waals surface area contributed by atoms with Crippen molar-refractivity contribution in [2.75, 3.05) is 19.8 Å². The Balaban J connectivity index is 0. The smallest absolute Gasteiger partial charge is 0.218 e. The van der Waals surface area contributed by atoms with Crippen LogP contribution in [-0.2, 0) is 4.74 Å². The maximum absolute atomic E-state index is 5.24. The molecule has 0 aliphatic rings. The highest BCUT2D eigenvalue weighted by Crippen LogP contribution is 1.93. The Bertz CT molecular complexity index is 164. The van der Waals surface area contributed by atoms with Crippen LogP contribution in [0.5, 0.6) is 0 Å². The number of hydrogen-bond acceptors (Lipinski definition) is 2. The quantitative estimate of drug-likeness (QED) is 0.407. The summed E-state index contributed by atoms with van der Waals surface area (Å²) in [6, 6.07) is 0. The first-order chi connectivity index (χ1) is 7.27. The second-order valence-electron chi connectivity index (χ2n) is 3.03. The summed E-state index contributed by atoms with van der Waals surface area (Å²) >= 11 is 0. The van der Waals surface area contributed by atoms with Crippen LogP contribution in [0, 0.1) is 11.7 Å². The van der Waals surface area contributed by atoms with E-state index in [9.17, 15) is 0 Å². The highest BCUT2D eigenvalue weighted by atomic mass is 16.5. The van der Waals surface area contributed by atoms with Crippen LogP contribution in [0.15, 0.2) is 0 Å². The minimum atomic E-state index is 0.522. The average molecular weight is 207 g/mol. The lowest BCUT2D eigenvalue weighted by atomic mass is 9.67. The fourth-order valence-electron chi connectivity index (χ4n) is 0.666. The molecule has 0 fully saturated rings. The van der Waals surface area contributed by atoms with Gasteiger partial charge in [-0.25, -0.2) is 0 Å². The Morgan fingerprint density at radius 1 is 1.33 bits per heavy atom. The molecule has 0 saturated carbocycles. The Labute approximate surface area is 97.1 Å². The van der Waals surface area contributed by atoms with Gasteiger partial charge < -0.3 is 9.96 Å². The van der Waals surface area contributed by atoms with Gasteiger partial charge in [-0.2, -0.15) is 5.82 Å². The van der Waals surface area contributed by atoms with Crippen LogP contribution >= 0.6 is 0 Å². The monoisotopic (exact) mass is 207 g/mol. The molecular formula is C11H23B2NO. The topological polar surface area (TPSA) is 21.3 Å². The SMILES string of the molecule is CC.C[B]NCCOCC#C[B]C(C)C. The fourth-order valence-corrected chi connectivity index (χ4v) is 0.666. The highest BCUT2D eigenvalue weighted by molar-refractivity contribution is 6.47. The highest BCUT2D eigenvalue weighted by Gasteiger charge is 1.89. The summed E-state index contributed by atoms with van der Waals surface area (Å²) in [6.45, 7) is 12.3. The van der Waals surface area contributed by atoms with Gasteiger partial charge in [0.1, 0.15) is 6.61 Å². The minimum Gasteiger partial charge on any atom is -0.368 e. The largest absolute Gasteiger partial charge is 0.368 e. The van der Waals surface area contributed by atoms with Crippen LogP contribution in [0.3, 0.4) is 0 Å².